The molecule has 1 aromatic heterocycles. The minimum Gasteiger partial charge on any atom is -0.271 e. The number of benzene rings is 2. The van der Waals surface area contributed by atoms with Crippen LogP contribution in [0.3, 0.4) is 0 Å². The third-order valence-electron chi connectivity index (χ3n) is 3.36. The summed E-state index contributed by atoms with van der Waals surface area (Å²) in [7, 11) is 0. The lowest BCUT2D eigenvalue weighted by Gasteiger charge is -2.03. The van der Waals surface area contributed by atoms with Gasteiger partial charge in [-0.05, 0) is 29.8 Å². The monoisotopic (exact) mass is 398 g/mol. The standard InChI is InChI=1S/C17H15BrN6O/c1-12(14-8-5-9-15(18)10-14)19-20-16(25)11-24-22-17(21-23-24)13-6-3-2-4-7-13/h2-10H,11H2,1H3,(H,20,25)/b19-12+. The van der Waals surface area contributed by atoms with E-state index < -0.39 is 0 Å². The molecule has 0 aliphatic heterocycles. The summed E-state index contributed by atoms with van der Waals surface area (Å²) in [5, 5.41) is 16.1. The zero-order chi connectivity index (χ0) is 17.6. The largest absolute Gasteiger partial charge is 0.271 e. The van der Waals surface area contributed by atoms with Gasteiger partial charge in [-0.3, -0.25) is 4.79 Å². The topological polar surface area (TPSA) is 85.1 Å². The maximum atomic E-state index is 12.0. The third kappa shape index (κ3) is 4.57. The second-order valence-corrected chi connectivity index (χ2v) is 6.17. The number of rotatable bonds is 5. The molecule has 0 bridgehead atoms. The van der Waals surface area contributed by atoms with E-state index in [1.807, 2.05) is 61.5 Å². The van der Waals surface area contributed by atoms with Crippen LogP contribution >= 0.6 is 15.9 Å². The Morgan fingerprint density at radius 3 is 2.76 bits per heavy atom. The van der Waals surface area contributed by atoms with Crippen LogP contribution in [-0.2, 0) is 11.3 Å². The Kier molecular flexibility index (Phi) is 5.30. The number of hydrogen-bond acceptors (Lipinski definition) is 5. The first-order valence-electron chi connectivity index (χ1n) is 7.54. The van der Waals surface area contributed by atoms with Crippen LogP contribution in [0.2, 0.25) is 0 Å². The van der Waals surface area contributed by atoms with E-state index in [-0.39, 0.29) is 12.5 Å². The fourth-order valence-electron chi connectivity index (χ4n) is 2.10. The molecule has 0 aliphatic carbocycles. The van der Waals surface area contributed by atoms with Gasteiger partial charge < -0.3 is 0 Å². The summed E-state index contributed by atoms with van der Waals surface area (Å²) in [6.45, 7) is 1.76. The second kappa shape index (κ2) is 7.80. The Morgan fingerprint density at radius 1 is 1.20 bits per heavy atom. The van der Waals surface area contributed by atoms with Crippen molar-refractivity contribution >= 4 is 27.5 Å². The lowest BCUT2D eigenvalue weighted by Crippen LogP contribution is -2.25. The van der Waals surface area contributed by atoms with Gasteiger partial charge in [-0.15, -0.1) is 10.2 Å². The highest BCUT2D eigenvalue weighted by Gasteiger charge is 2.09. The van der Waals surface area contributed by atoms with Crippen molar-refractivity contribution in [3.05, 3.63) is 64.6 Å². The van der Waals surface area contributed by atoms with Crippen molar-refractivity contribution in [2.75, 3.05) is 0 Å². The number of carbonyl (C=O) groups is 1. The molecule has 8 heteroatoms. The number of tetrazole rings is 1. The van der Waals surface area contributed by atoms with Crippen molar-refractivity contribution in [2.45, 2.75) is 13.5 Å². The molecule has 0 unspecified atom stereocenters. The number of hydrazone groups is 1. The van der Waals surface area contributed by atoms with Crippen molar-refractivity contribution in [2.24, 2.45) is 5.10 Å². The van der Waals surface area contributed by atoms with Crippen molar-refractivity contribution in [1.29, 1.82) is 0 Å². The van der Waals surface area contributed by atoms with E-state index in [1.54, 1.807) is 0 Å². The zero-order valence-electron chi connectivity index (χ0n) is 13.4. The molecule has 0 atom stereocenters. The Morgan fingerprint density at radius 2 is 2.00 bits per heavy atom. The van der Waals surface area contributed by atoms with Gasteiger partial charge >= 0.3 is 0 Å². The normalized spacial score (nSPS) is 11.4. The van der Waals surface area contributed by atoms with E-state index in [0.717, 1.165) is 15.6 Å². The van der Waals surface area contributed by atoms with Crippen molar-refractivity contribution < 1.29 is 4.79 Å². The van der Waals surface area contributed by atoms with E-state index in [4.69, 9.17) is 0 Å². The number of nitrogens with one attached hydrogen (secondary N) is 1. The van der Waals surface area contributed by atoms with Crippen LogP contribution in [0.4, 0.5) is 0 Å². The van der Waals surface area contributed by atoms with Gasteiger partial charge in [0, 0.05) is 10.0 Å². The van der Waals surface area contributed by atoms with Crippen LogP contribution in [0.5, 0.6) is 0 Å². The molecule has 7 nitrogen and oxygen atoms in total. The van der Waals surface area contributed by atoms with Crippen molar-refractivity contribution in [3.63, 3.8) is 0 Å². The SMILES string of the molecule is C/C(=N\NC(=O)Cn1nnc(-c2ccccc2)n1)c1cccc(Br)c1. The Balaban J connectivity index is 1.61. The molecule has 0 fully saturated rings. The number of carbonyl (C=O) groups excluding carboxylic acids is 1. The van der Waals surface area contributed by atoms with E-state index in [2.05, 4.69) is 41.9 Å². The third-order valence-corrected chi connectivity index (χ3v) is 3.85. The van der Waals surface area contributed by atoms with Gasteiger partial charge in [0.2, 0.25) is 5.82 Å². The molecule has 0 radical (unpaired) electrons. The average Bonchev–Trinajstić information content (AvgIpc) is 3.09. The molecule has 126 valence electrons. The maximum absolute atomic E-state index is 12.0. The summed E-state index contributed by atoms with van der Waals surface area (Å²) in [4.78, 5) is 13.2. The van der Waals surface area contributed by atoms with Crippen LogP contribution in [0.25, 0.3) is 11.4 Å². The molecule has 2 aromatic carbocycles. The zero-order valence-corrected chi connectivity index (χ0v) is 15.0. The Bertz CT molecular complexity index is 906. The molecule has 1 N–H and O–H groups in total. The lowest BCUT2D eigenvalue weighted by atomic mass is 10.1. The Labute approximate surface area is 152 Å². The first kappa shape index (κ1) is 17.0. The minimum atomic E-state index is -0.327. The summed E-state index contributed by atoms with van der Waals surface area (Å²) in [5.74, 6) is 0.147. The first-order chi connectivity index (χ1) is 12.1. The highest BCUT2D eigenvalue weighted by Crippen LogP contribution is 2.12. The van der Waals surface area contributed by atoms with Gasteiger partial charge in [0.25, 0.3) is 5.91 Å². The minimum absolute atomic E-state index is 0.0604. The lowest BCUT2D eigenvalue weighted by molar-refractivity contribution is -0.122. The number of hydrogen-bond donors (Lipinski definition) is 1. The molecule has 3 rings (SSSR count). The molecule has 1 amide bonds. The molecule has 0 aliphatic rings. The second-order valence-electron chi connectivity index (χ2n) is 5.25. The van der Waals surface area contributed by atoms with Gasteiger partial charge in [0.05, 0.1) is 5.71 Å². The summed E-state index contributed by atoms with van der Waals surface area (Å²) >= 11 is 3.41. The fraction of sp³-hybridized carbons (Fsp3) is 0.118. The maximum Gasteiger partial charge on any atom is 0.263 e. The molecule has 0 spiro atoms. The quantitative estimate of drug-likeness (QED) is 0.528. The van der Waals surface area contributed by atoms with Crippen LogP contribution < -0.4 is 5.43 Å². The van der Waals surface area contributed by atoms with E-state index in [1.165, 1.54) is 4.80 Å². The summed E-state index contributed by atoms with van der Waals surface area (Å²) < 4.78 is 0.950. The first-order valence-corrected chi connectivity index (χ1v) is 8.33. The van der Waals surface area contributed by atoms with Crippen LogP contribution in [0.15, 0.2) is 64.2 Å². The molecular formula is C17H15BrN6O. The highest BCUT2D eigenvalue weighted by atomic mass is 79.9. The van der Waals surface area contributed by atoms with Crippen molar-refractivity contribution in [3.8, 4) is 11.4 Å². The molecule has 25 heavy (non-hydrogen) atoms. The average molecular weight is 399 g/mol. The van der Waals surface area contributed by atoms with Crippen LogP contribution in [0, 0.1) is 0 Å². The van der Waals surface area contributed by atoms with Crippen LogP contribution in [0.1, 0.15) is 12.5 Å². The summed E-state index contributed by atoms with van der Waals surface area (Å²) in [6.07, 6.45) is 0. The molecule has 0 saturated carbocycles. The predicted molar refractivity (Wildman–Crippen MR) is 97.7 cm³/mol. The molecule has 1 heterocycles. The van der Waals surface area contributed by atoms with Crippen LogP contribution in [-0.4, -0.2) is 31.8 Å². The molecule has 0 saturated heterocycles. The van der Waals surface area contributed by atoms with E-state index in [9.17, 15) is 4.79 Å². The van der Waals surface area contributed by atoms with E-state index >= 15 is 0 Å². The highest BCUT2D eigenvalue weighted by molar-refractivity contribution is 9.10. The summed E-state index contributed by atoms with van der Waals surface area (Å²) in [6, 6.07) is 17.1. The smallest absolute Gasteiger partial charge is 0.263 e. The number of nitrogens with zero attached hydrogens (tertiary/aromatic N) is 5. The predicted octanol–water partition coefficient (Wildman–Crippen LogP) is 2.64. The number of aromatic nitrogens is 4. The van der Waals surface area contributed by atoms with Gasteiger partial charge in [-0.2, -0.15) is 9.90 Å². The van der Waals surface area contributed by atoms with Gasteiger partial charge in [0.15, 0.2) is 0 Å². The fourth-order valence-corrected chi connectivity index (χ4v) is 2.50. The Hall–Kier alpha value is -2.87. The number of halogens is 1. The molecular weight excluding hydrogens is 384 g/mol. The van der Waals surface area contributed by atoms with E-state index in [0.29, 0.717) is 11.5 Å². The van der Waals surface area contributed by atoms with Gasteiger partial charge in [-0.1, -0.05) is 58.4 Å². The summed E-state index contributed by atoms with van der Waals surface area (Å²) in [5.41, 5.74) is 4.96. The molecule has 3 aromatic rings. The number of amides is 1. The van der Waals surface area contributed by atoms with Crippen molar-refractivity contribution in [1.82, 2.24) is 25.6 Å². The van der Waals surface area contributed by atoms with Gasteiger partial charge in [-0.25, -0.2) is 5.43 Å². The van der Waals surface area contributed by atoms with Gasteiger partial charge in [0.1, 0.15) is 6.54 Å².